The van der Waals surface area contributed by atoms with E-state index in [9.17, 15) is 8.78 Å². The maximum atomic E-state index is 14.2. The van der Waals surface area contributed by atoms with Crippen LogP contribution in [0.1, 0.15) is 38.7 Å². The summed E-state index contributed by atoms with van der Waals surface area (Å²) in [5.74, 6) is -1.10. The number of hydrogen-bond acceptors (Lipinski definition) is 2. The number of halogens is 2. The monoisotopic (exact) mass is 266 g/mol. The highest BCUT2D eigenvalue weighted by molar-refractivity contribution is 5.53. The molecule has 2 nitrogen and oxygen atoms in total. The van der Waals surface area contributed by atoms with Crippen LogP contribution in [0.25, 0.3) is 0 Å². The molecule has 3 heterocycles. The third-order valence-corrected chi connectivity index (χ3v) is 4.64. The van der Waals surface area contributed by atoms with Crippen molar-refractivity contribution in [2.24, 2.45) is 11.8 Å². The van der Waals surface area contributed by atoms with Gasteiger partial charge in [0.25, 0.3) is 5.92 Å². The zero-order valence-electron chi connectivity index (χ0n) is 11.4. The van der Waals surface area contributed by atoms with E-state index in [1.165, 1.54) is 6.07 Å². The second-order valence-corrected chi connectivity index (χ2v) is 6.16. The van der Waals surface area contributed by atoms with Crippen molar-refractivity contribution in [1.29, 1.82) is 0 Å². The number of rotatable bonds is 1. The fourth-order valence-electron chi connectivity index (χ4n) is 3.48. The summed E-state index contributed by atoms with van der Waals surface area (Å²) in [5.41, 5.74) is 0.106. The molecular weight excluding hydrogens is 246 g/mol. The molecule has 0 amide bonds. The lowest BCUT2D eigenvalue weighted by Gasteiger charge is -2.46. The van der Waals surface area contributed by atoms with Crippen molar-refractivity contribution >= 4 is 5.82 Å². The molecule has 0 aromatic carbocycles. The van der Waals surface area contributed by atoms with Crippen molar-refractivity contribution in [2.75, 3.05) is 11.4 Å². The maximum absolute atomic E-state index is 14.2. The summed E-state index contributed by atoms with van der Waals surface area (Å²) in [4.78, 5) is 6.32. The molecule has 1 fully saturated rings. The van der Waals surface area contributed by atoms with Gasteiger partial charge in [0.15, 0.2) is 0 Å². The largest absolute Gasteiger partial charge is 0.353 e. The summed E-state index contributed by atoms with van der Waals surface area (Å²) in [6.07, 6.45) is 3.50. The Morgan fingerprint density at radius 3 is 2.95 bits per heavy atom. The standard InChI is InChI=1S/C15H20F2N2/c1-10(2)11-5-7-19-12(8-11)9-15(16,17)13-4-3-6-18-14(13)19/h3-4,6,10-12H,5,7-9H2,1-2H3/t11?,12-/m1/s1. The molecular formula is C15H20F2N2. The Bertz CT molecular complexity index is 473. The van der Waals surface area contributed by atoms with E-state index in [0.717, 1.165) is 19.4 Å². The van der Waals surface area contributed by atoms with Crippen LogP contribution in [-0.2, 0) is 5.92 Å². The van der Waals surface area contributed by atoms with Gasteiger partial charge in [0.05, 0.1) is 5.56 Å². The molecule has 104 valence electrons. The minimum absolute atomic E-state index is 0.0569. The predicted molar refractivity (Wildman–Crippen MR) is 71.4 cm³/mol. The Morgan fingerprint density at radius 2 is 2.21 bits per heavy atom. The molecule has 0 saturated carbocycles. The number of nitrogens with zero attached hydrogens (tertiary/aromatic N) is 2. The van der Waals surface area contributed by atoms with Crippen LogP contribution >= 0.6 is 0 Å². The number of anilines is 1. The third-order valence-electron chi connectivity index (χ3n) is 4.64. The highest BCUT2D eigenvalue weighted by Crippen LogP contribution is 2.47. The molecule has 0 radical (unpaired) electrons. The van der Waals surface area contributed by atoms with Gasteiger partial charge in [-0.05, 0) is 36.8 Å². The molecule has 1 aromatic heterocycles. The molecule has 0 spiro atoms. The lowest BCUT2D eigenvalue weighted by atomic mass is 9.79. The van der Waals surface area contributed by atoms with Gasteiger partial charge < -0.3 is 4.90 Å². The SMILES string of the molecule is CC(C)C1CCN2c3ncccc3C(F)(F)C[C@H]2C1. The Hall–Kier alpha value is -1.19. The minimum atomic E-state index is -2.73. The average Bonchev–Trinajstić information content (AvgIpc) is 2.37. The van der Waals surface area contributed by atoms with Crippen LogP contribution in [0.15, 0.2) is 18.3 Å². The summed E-state index contributed by atoms with van der Waals surface area (Å²) in [5, 5.41) is 0. The van der Waals surface area contributed by atoms with Gasteiger partial charge in [0.2, 0.25) is 0 Å². The number of fused-ring (bicyclic) bond motifs is 3. The van der Waals surface area contributed by atoms with Crippen molar-refractivity contribution in [3.63, 3.8) is 0 Å². The minimum Gasteiger partial charge on any atom is -0.353 e. The predicted octanol–water partition coefficient (Wildman–Crippen LogP) is 3.82. The second kappa shape index (κ2) is 4.43. The van der Waals surface area contributed by atoms with Crippen LogP contribution < -0.4 is 4.90 Å². The van der Waals surface area contributed by atoms with E-state index in [1.807, 2.05) is 0 Å². The summed E-state index contributed by atoms with van der Waals surface area (Å²) < 4.78 is 28.5. The lowest BCUT2D eigenvalue weighted by Crippen LogP contribution is -2.50. The van der Waals surface area contributed by atoms with Crippen molar-refractivity contribution in [2.45, 2.75) is 45.1 Å². The summed E-state index contributed by atoms with van der Waals surface area (Å²) in [6.45, 7) is 5.23. The molecule has 19 heavy (non-hydrogen) atoms. The quantitative estimate of drug-likeness (QED) is 0.768. The second-order valence-electron chi connectivity index (χ2n) is 6.16. The van der Waals surface area contributed by atoms with Crippen molar-refractivity contribution in [3.05, 3.63) is 23.9 Å². The van der Waals surface area contributed by atoms with Gasteiger partial charge in [-0.15, -0.1) is 0 Å². The highest BCUT2D eigenvalue weighted by atomic mass is 19.3. The van der Waals surface area contributed by atoms with E-state index < -0.39 is 5.92 Å². The number of alkyl halides is 2. The Kier molecular flexibility index (Phi) is 2.99. The summed E-state index contributed by atoms with van der Waals surface area (Å²) in [7, 11) is 0. The Morgan fingerprint density at radius 1 is 1.42 bits per heavy atom. The van der Waals surface area contributed by atoms with Crippen LogP contribution in [0, 0.1) is 11.8 Å². The number of aromatic nitrogens is 1. The van der Waals surface area contributed by atoms with Crippen LogP contribution in [0.2, 0.25) is 0 Å². The fourth-order valence-corrected chi connectivity index (χ4v) is 3.48. The molecule has 1 saturated heterocycles. The highest BCUT2D eigenvalue weighted by Gasteiger charge is 2.47. The van der Waals surface area contributed by atoms with Gasteiger partial charge in [-0.25, -0.2) is 13.8 Å². The lowest BCUT2D eigenvalue weighted by molar-refractivity contribution is -0.0315. The molecule has 4 heteroatoms. The van der Waals surface area contributed by atoms with E-state index in [4.69, 9.17) is 0 Å². The average molecular weight is 266 g/mol. The Labute approximate surface area is 112 Å². The van der Waals surface area contributed by atoms with Gasteiger partial charge in [0, 0.05) is 25.2 Å². The first-order valence-corrected chi connectivity index (χ1v) is 7.09. The van der Waals surface area contributed by atoms with Crippen LogP contribution in [0.3, 0.4) is 0 Å². The van der Waals surface area contributed by atoms with Gasteiger partial charge in [0.1, 0.15) is 5.82 Å². The molecule has 0 aliphatic carbocycles. The summed E-state index contributed by atoms with van der Waals surface area (Å²) in [6, 6.07) is 3.07. The first-order valence-electron chi connectivity index (χ1n) is 7.09. The van der Waals surface area contributed by atoms with E-state index in [0.29, 0.717) is 17.7 Å². The molecule has 0 N–H and O–H groups in total. The van der Waals surface area contributed by atoms with Gasteiger partial charge in [-0.3, -0.25) is 0 Å². The topological polar surface area (TPSA) is 16.1 Å². The molecule has 3 rings (SSSR count). The van der Waals surface area contributed by atoms with Gasteiger partial charge in [-0.2, -0.15) is 0 Å². The van der Waals surface area contributed by atoms with E-state index in [-0.39, 0.29) is 18.0 Å². The first-order chi connectivity index (χ1) is 8.99. The fraction of sp³-hybridized carbons (Fsp3) is 0.667. The van der Waals surface area contributed by atoms with Gasteiger partial charge in [-0.1, -0.05) is 13.8 Å². The van der Waals surface area contributed by atoms with Gasteiger partial charge >= 0.3 is 0 Å². The molecule has 2 aliphatic rings. The van der Waals surface area contributed by atoms with Crippen LogP contribution in [-0.4, -0.2) is 17.6 Å². The molecule has 2 aliphatic heterocycles. The molecule has 0 bridgehead atoms. The zero-order valence-corrected chi connectivity index (χ0v) is 11.4. The molecule has 2 atom stereocenters. The van der Waals surface area contributed by atoms with Crippen molar-refractivity contribution in [1.82, 2.24) is 4.98 Å². The molecule has 1 unspecified atom stereocenters. The van der Waals surface area contributed by atoms with E-state index >= 15 is 0 Å². The normalized spacial score (nSPS) is 29.0. The van der Waals surface area contributed by atoms with Crippen LogP contribution in [0.4, 0.5) is 14.6 Å². The van der Waals surface area contributed by atoms with E-state index in [2.05, 4.69) is 23.7 Å². The van der Waals surface area contributed by atoms with E-state index in [1.54, 1.807) is 12.3 Å². The third kappa shape index (κ3) is 2.11. The summed E-state index contributed by atoms with van der Waals surface area (Å²) >= 11 is 0. The van der Waals surface area contributed by atoms with Crippen molar-refractivity contribution in [3.8, 4) is 0 Å². The van der Waals surface area contributed by atoms with Crippen molar-refractivity contribution < 1.29 is 8.78 Å². The number of hydrogen-bond donors (Lipinski definition) is 0. The maximum Gasteiger partial charge on any atom is 0.278 e. The zero-order chi connectivity index (χ0) is 13.6. The smallest absolute Gasteiger partial charge is 0.278 e. The van der Waals surface area contributed by atoms with Crippen LogP contribution in [0.5, 0.6) is 0 Å². The number of piperidine rings is 1. The Balaban J connectivity index is 1.94. The molecule has 1 aromatic rings. The first kappa shape index (κ1) is 12.8. The number of pyridine rings is 1.